The molecule has 2 aromatic rings. The van der Waals surface area contributed by atoms with Crippen LogP contribution in [0.2, 0.25) is 0 Å². The van der Waals surface area contributed by atoms with Crippen LogP contribution in [0.3, 0.4) is 0 Å². The number of amides is 1. The van der Waals surface area contributed by atoms with Crippen LogP contribution in [0, 0.1) is 13.8 Å². The molecule has 1 aromatic carbocycles. The Morgan fingerprint density at radius 1 is 1.15 bits per heavy atom. The van der Waals surface area contributed by atoms with Gasteiger partial charge in [0.15, 0.2) is 0 Å². The molecule has 146 valence electrons. The van der Waals surface area contributed by atoms with Gasteiger partial charge in [-0.3, -0.25) is 4.79 Å². The van der Waals surface area contributed by atoms with Crippen LogP contribution in [0.15, 0.2) is 35.7 Å². The van der Waals surface area contributed by atoms with Gasteiger partial charge in [-0.1, -0.05) is 6.07 Å². The lowest BCUT2D eigenvalue weighted by Gasteiger charge is -2.34. The van der Waals surface area contributed by atoms with E-state index < -0.39 is 10.0 Å². The number of aromatic nitrogens is 3. The summed E-state index contributed by atoms with van der Waals surface area (Å²) in [7, 11) is -3.54. The van der Waals surface area contributed by atoms with E-state index in [2.05, 4.69) is 10.1 Å². The van der Waals surface area contributed by atoms with E-state index in [1.807, 2.05) is 26.8 Å². The molecule has 1 amide bonds. The van der Waals surface area contributed by atoms with E-state index in [-0.39, 0.29) is 11.9 Å². The average molecular weight is 391 g/mol. The molecule has 9 heteroatoms. The first-order valence-electron chi connectivity index (χ1n) is 8.98. The maximum Gasteiger partial charge on any atom is 0.243 e. The van der Waals surface area contributed by atoms with Crippen molar-refractivity contribution in [3.8, 4) is 0 Å². The summed E-state index contributed by atoms with van der Waals surface area (Å²) < 4.78 is 28.8. The first-order valence-corrected chi connectivity index (χ1v) is 10.4. The summed E-state index contributed by atoms with van der Waals surface area (Å²) in [6.07, 6.45) is 3.34. The Hall–Kier alpha value is -2.26. The van der Waals surface area contributed by atoms with Crippen molar-refractivity contribution in [2.45, 2.75) is 38.1 Å². The molecule has 0 unspecified atom stereocenters. The van der Waals surface area contributed by atoms with E-state index in [1.54, 1.807) is 28.0 Å². The third-order valence-electron chi connectivity index (χ3n) is 5.07. The minimum absolute atomic E-state index is 0.00114. The highest BCUT2D eigenvalue weighted by Crippen LogP contribution is 2.21. The zero-order valence-corrected chi connectivity index (χ0v) is 16.7. The highest BCUT2D eigenvalue weighted by Gasteiger charge is 2.30. The predicted octanol–water partition coefficient (Wildman–Crippen LogP) is 1.38. The first kappa shape index (κ1) is 19.5. The molecule has 1 aliphatic heterocycles. The summed E-state index contributed by atoms with van der Waals surface area (Å²) in [5.74, 6) is 0.00114. The Labute approximate surface area is 159 Å². The minimum atomic E-state index is -3.54. The smallest absolute Gasteiger partial charge is 0.243 e. The van der Waals surface area contributed by atoms with Crippen LogP contribution in [-0.2, 0) is 14.8 Å². The number of aryl methyl sites for hydroxylation is 2. The van der Waals surface area contributed by atoms with Crippen LogP contribution >= 0.6 is 0 Å². The molecule has 1 saturated heterocycles. The summed E-state index contributed by atoms with van der Waals surface area (Å²) in [5.41, 5.74) is 2.01. The van der Waals surface area contributed by atoms with Crippen molar-refractivity contribution >= 4 is 15.9 Å². The Kier molecular flexibility index (Phi) is 5.61. The van der Waals surface area contributed by atoms with Gasteiger partial charge in [-0.15, -0.1) is 0 Å². The van der Waals surface area contributed by atoms with Crippen LogP contribution in [0.1, 0.15) is 30.5 Å². The molecule has 1 atom stereocenters. The fourth-order valence-electron chi connectivity index (χ4n) is 3.12. The van der Waals surface area contributed by atoms with Crippen LogP contribution in [0.4, 0.5) is 0 Å². The minimum Gasteiger partial charge on any atom is -0.340 e. The molecule has 0 bridgehead atoms. The van der Waals surface area contributed by atoms with Gasteiger partial charge in [-0.2, -0.15) is 9.40 Å². The molecule has 1 aromatic heterocycles. The van der Waals surface area contributed by atoms with Crippen molar-refractivity contribution in [3.05, 3.63) is 42.0 Å². The van der Waals surface area contributed by atoms with Gasteiger partial charge in [0.1, 0.15) is 12.7 Å². The summed E-state index contributed by atoms with van der Waals surface area (Å²) in [5, 5.41) is 4.05. The van der Waals surface area contributed by atoms with E-state index in [0.717, 1.165) is 11.1 Å². The Bertz CT molecular complexity index is 903. The van der Waals surface area contributed by atoms with Crippen LogP contribution < -0.4 is 0 Å². The van der Waals surface area contributed by atoms with Crippen LogP contribution in [0.25, 0.3) is 0 Å². The zero-order valence-electron chi connectivity index (χ0n) is 15.9. The van der Waals surface area contributed by atoms with E-state index in [0.29, 0.717) is 37.5 Å². The molecule has 8 nitrogen and oxygen atoms in total. The number of nitrogens with zero attached hydrogens (tertiary/aromatic N) is 5. The van der Waals surface area contributed by atoms with Crippen molar-refractivity contribution in [1.82, 2.24) is 24.0 Å². The van der Waals surface area contributed by atoms with Crippen molar-refractivity contribution in [1.29, 1.82) is 0 Å². The number of hydrogen-bond acceptors (Lipinski definition) is 5. The first-order chi connectivity index (χ1) is 12.8. The van der Waals surface area contributed by atoms with Crippen molar-refractivity contribution in [2.24, 2.45) is 0 Å². The van der Waals surface area contributed by atoms with Gasteiger partial charge in [0.05, 0.1) is 10.9 Å². The molecule has 3 rings (SSSR count). The number of rotatable bonds is 5. The average Bonchev–Trinajstić information content (AvgIpc) is 3.19. The van der Waals surface area contributed by atoms with Gasteiger partial charge in [-0.25, -0.2) is 18.1 Å². The third-order valence-corrected chi connectivity index (χ3v) is 6.96. The standard InChI is InChI=1S/C18H25N5O3S/c1-14-4-5-17(10-15(14)2)27(25,26)22-8-6-21(7-9-22)18(24)11-16(3)23-13-19-12-20-23/h4-5,10,12-13,16H,6-9,11H2,1-3H3/t16-/m0/s1. The zero-order chi connectivity index (χ0) is 19.6. The van der Waals surface area contributed by atoms with Crippen molar-refractivity contribution in [3.63, 3.8) is 0 Å². The fourth-order valence-corrected chi connectivity index (χ4v) is 4.63. The second-order valence-corrected chi connectivity index (χ2v) is 8.90. The lowest BCUT2D eigenvalue weighted by molar-refractivity contribution is -0.133. The second-order valence-electron chi connectivity index (χ2n) is 6.96. The lowest BCUT2D eigenvalue weighted by atomic mass is 10.1. The molecule has 0 spiro atoms. The summed E-state index contributed by atoms with van der Waals surface area (Å²) in [6, 6.07) is 5.10. The normalized spacial score (nSPS) is 17.1. The topological polar surface area (TPSA) is 88.4 Å². The molecule has 0 radical (unpaired) electrons. The summed E-state index contributed by atoms with van der Waals surface area (Å²) in [6.45, 7) is 7.17. The summed E-state index contributed by atoms with van der Waals surface area (Å²) in [4.78, 5) is 18.4. The highest BCUT2D eigenvalue weighted by atomic mass is 32.2. The van der Waals surface area contributed by atoms with Crippen LogP contribution in [0.5, 0.6) is 0 Å². The van der Waals surface area contributed by atoms with Gasteiger partial charge in [0, 0.05) is 32.6 Å². The van der Waals surface area contributed by atoms with E-state index in [1.165, 1.54) is 10.6 Å². The molecular weight excluding hydrogens is 366 g/mol. The molecule has 1 fully saturated rings. The number of carbonyl (C=O) groups is 1. The van der Waals surface area contributed by atoms with Crippen molar-refractivity contribution in [2.75, 3.05) is 26.2 Å². The Morgan fingerprint density at radius 3 is 2.44 bits per heavy atom. The number of hydrogen-bond donors (Lipinski definition) is 0. The number of sulfonamides is 1. The predicted molar refractivity (Wildman–Crippen MR) is 101 cm³/mol. The van der Waals surface area contributed by atoms with E-state index in [9.17, 15) is 13.2 Å². The molecule has 0 saturated carbocycles. The van der Waals surface area contributed by atoms with Gasteiger partial charge in [-0.05, 0) is 44.0 Å². The second kappa shape index (κ2) is 7.77. The summed E-state index contributed by atoms with van der Waals surface area (Å²) >= 11 is 0. The van der Waals surface area contributed by atoms with Gasteiger partial charge >= 0.3 is 0 Å². The maximum absolute atomic E-state index is 12.9. The number of piperazine rings is 1. The lowest BCUT2D eigenvalue weighted by Crippen LogP contribution is -2.50. The largest absolute Gasteiger partial charge is 0.340 e. The van der Waals surface area contributed by atoms with Gasteiger partial charge in [0.2, 0.25) is 15.9 Å². The third kappa shape index (κ3) is 4.19. The Balaban J connectivity index is 1.60. The quantitative estimate of drug-likeness (QED) is 0.768. The maximum atomic E-state index is 12.9. The molecule has 27 heavy (non-hydrogen) atoms. The monoisotopic (exact) mass is 391 g/mol. The number of carbonyl (C=O) groups excluding carboxylic acids is 1. The molecular formula is C18H25N5O3S. The molecule has 0 N–H and O–H groups in total. The van der Waals surface area contributed by atoms with Crippen LogP contribution in [-0.4, -0.2) is 64.5 Å². The van der Waals surface area contributed by atoms with Gasteiger partial charge in [0.25, 0.3) is 0 Å². The van der Waals surface area contributed by atoms with Gasteiger partial charge < -0.3 is 4.90 Å². The highest BCUT2D eigenvalue weighted by molar-refractivity contribution is 7.89. The van der Waals surface area contributed by atoms with Crippen molar-refractivity contribution < 1.29 is 13.2 Å². The Morgan fingerprint density at radius 2 is 1.85 bits per heavy atom. The molecule has 0 aliphatic carbocycles. The SMILES string of the molecule is Cc1ccc(S(=O)(=O)N2CCN(C(=O)C[C@H](C)n3cncn3)CC2)cc1C. The molecule has 2 heterocycles. The number of benzene rings is 1. The fraction of sp³-hybridized carbons (Fsp3) is 0.500. The molecule has 1 aliphatic rings. The van der Waals surface area contributed by atoms with E-state index >= 15 is 0 Å². The van der Waals surface area contributed by atoms with E-state index in [4.69, 9.17) is 0 Å².